The second-order valence-electron chi connectivity index (χ2n) is 5.73. The maximum atomic E-state index is 12.3. The Bertz CT molecular complexity index is 269. The molecule has 110 valence electrons. The van der Waals surface area contributed by atoms with Crippen LogP contribution in [0.4, 0.5) is 0 Å². The molecule has 2 fully saturated rings. The van der Waals surface area contributed by atoms with Crippen molar-refractivity contribution >= 4 is 5.91 Å². The first-order chi connectivity index (χ1) is 9.31. The predicted octanol–water partition coefficient (Wildman–Crippen LogP) is 1.75. The van der Waals surface area contributed by atoms with E-state index in [-0.39, 0.29) is 5.92 Å². The van der Waals surface area contributed by atoms with E-state index >= 15 is 0 Å². The fourth-order valence-corrected chi connectivity index (χ4v) is 3.03. The molecule has 0 aromatic heterocycles. The Hall–Kier alpha value is -0.610. The minimum absolute atomic E-state index is 0.115. The minimum Gasteiger partial charge on any atom is -0.381 e. The summed E-state index contributed by atoms with van der Waals surface area (Å²) in [6.45, 7) is 8.61. The summed E-state index contributed by atoms with van der Waals surface area (Å²) >= 11 is 0. The van der Waals surface area contributed by atoms with Crippen molar-refractivity contribution in [2.45, 2.75) is 39.0 Å². The molecule has 0 aromatic rings. The van der Waals surface area contributed by atoms with E-state index in [1.54, 1.807) is 0 Å². The first-order valence-electron chi connectivity index (χ1n) is 7.90. The summed E-state index contributed by atoms with van der Waals surface area (Å²) in [5, 5.41) is 0. The van der Waals surface area contributed by atoms with Gasteiger partial charge in [-0.3, -0.25) is 4.79 Å². The van der Waals surface area contributed by atoms with Gasteiger partial charge in [0.2, 0.25) is 5.91 Å². The summed E-state index contributed by atoms with van der Waals surface area (Å²) in [6, 6.07) is 0. The van der Waals surface area contributed by atoms with Crippen LogP contribution >= 0.6 is 0 Å². The monoisotopic (exact) mass is 268 g/mol. The fourth-order valence-electron chi connectivity index (χ4n) is 3.03. The van der Waals surface area contributed by atoms with Crippen molar-refractivity contribution in [3.63, 3.8) is 0 Å². The first kappa shape index (κ1) is 14.8. The Labute approximate surface area is 117 Å². The molecular formula is C15H28N2O2. The number of carbonyl (C=O) groups excluding carboxylic acids is 1. The predicted molar refractivity (Wildman–Crippen MR) is 76.1 cm³/mol. The van der Waals surface area contributed by atoms with Gasteiger partial charge >= 0.3 is 0 Å². The molecule has 1 amide bonds. The maximum absolute atomic E-state index is 12.3. The molecule has 0 saturated carbocycles. The van der Waals surface area contributed by atoms with E-state index in [4.69, 9.17) is 4.74 Å². The van der Waals surface area contributed by atoms with E-state index in [1.165, 1.54) is 38.8 Å². The molecule has 0 aliphatic carbocycles. The van der Waals surface area contributed by atoms with E-state index in [9.17, 15) is 4.79 Å². The number of nitrogens with zero attached hydrogens (tertiary/aromatic N) is 2. The summed E-state index contributed by atoms with van der Waals surface area (Å²) in [4.78, 5) is 16.9. The SMILES string of the molecule is CCN(CCN1CCCCCC1)C(=O)[C@H]1CCOC1. The minimum atomic E-state index is 0.115. The Morgan fingerprint density at radius 3 is 2.58 bits per heavy atom. The normalized spacial score (nSPS) is 25.2. The van der Waals surface area contributed by atoms with Crippen LogP contribution in [-0.2, 0) is 9.53 Å². The van der Waals surface area contributed by atoms with Crippen LogP contribution in [0.3, 0.4) is 0 Å². The third-order valence-corrected chi connectivity index (χ3v) is 4.36. The fraction of sp³-hybridized carbons (Fsp3) is 0.933. The van der Waals surface area contributed by atoms with Crippen LogP contribution < -0.4 is 0 Å². The van der Waals surface area contributed by atoms with Gasteiger partial charge in [0.1, 0.15) is 0 Å². The van der Waals surface area contributed by atoms with Gasteiger partial charge < -0.3 is 14.5 Å². The summed E-state index contributed by atoms with van der Waals surface area (Å²) in [6.07, 6.45) is 6.27. The van der Waals surface area contributed by atoms with Gasteiger partial charge in [0, 0.05) is 26.2 Å². The molecule has 0 unspecified atom stereocenters. The molecule has 19 heavy (non-hydrogen) atoms. The Morgan fingerprint density at radius 1 is 1.26 bits per heavy atom. The molecule has 0 spiro atoms. The molecule has 2 aliphatic heterocycles. The van der Waals surface area contributed by atoms with E-state index in [2.05, 4.69) is 11.8 Å². The van der Waals surface area contributed by atoms with Crippen LogP contribution in [0.1, 0.15) is 39.0 Å². The smallest absolute Gasteiger partial charge is 0.228 e. The van der Waals surface area contributed by atoms with E-state index in [1.807, 2.05) is 4.90 Å². The zero-order valence-electron chi connectivity index (χ0n) is 12.3. The van der Waals surface area contributed by atoms with Crippen molar-refractivity contribution in [1.82, 2.24) is 9.80 Å². The molecule has 0 N–H and O–H groups in total. The topological polar surface area (TPSA) is 32.8 Å². The van der Waals surface area contributed by atoms with Crippen molar-refractivity contribution in [3.8, 4) is 0 Å². The molecule has 1 atom stereocenters. The largest absolute Gasteiger partial charge is 0.381 e. The second kappa shape index (κ2) is 7.85. The molecule has 2 rings (SSSR count). The van der Waals surface area contributed by atoms with Crippen molar-refractivity contribution in [2.75, 3.05) is 45.9 Å². The van der Waals surface area contributed by atoms with E-state index < -0.39 is 0 Å². The molecule has 2 heterocycles. The number of amides is 1. The van der Waals surface area contributed by atoms with Gasteiger partial charge in [0.15, 0.2) is 0 Å². The lowest BCUT2D eigenvalue weighted by atomic mass is 10.1. The van der Waals surface area contributed by atoms with Gasteiger partial charge in [-0.25, -0.2) is 0 Å². The van der Waals surface area contributed by atoms with Gasteiger partial charge in [-0.15, -0.1) is 0 Å². The van der Waals surface area contributed by atoms with Gasteiger partial charge in [-0.1, -0.05) is 12.8 Å². The number of likely N-dealkylation sites (tertiary alicyclic amines) is 1. The third kappa shape index (κ3) is 4.46. The Morgan fingerprint density at radius 2 is 2.00 bits per heavy atom. The van der Waals surface area contributed by atoms with Crippen molar-refractivity contribution < 1.29 is 9.53 Å². The summed E-state index contributed by atoms with van der Waals surface area (Å²) in [5.74, 6) is 0.416. The van der Waals surface area contributed by atoms with Gasteiger partial charge in [0.05, 0.1) is 12.5 Å². The lowest BCUT2D eigenvalue weighted by Crippen LogP contribution is -2.41. The Kier molecular flexibility index (Phi) is 6.11. The van der Waals surface area contributed by atoms with Crippen LogP contribution in [0.5, 0.6) is 0 Å². The number of hydrogen-bond acceptors (Lipinski definition) is 3. The lowest BCUT2D eigenvalue weighted by Gasteiger charge is -2.27. The highest BCUT2D eigenvalue weighted by Gasteiger charge is 2.27. The highest BCUT2D eigenvalue weighted by atomic mass is 16.5. The van der Waals surface area contributed by atoms with Gasteiger partial charge in [-0.05, 0) is 39.3 Å². The summed E-state index contributed by atoms with van der Waals surface area (Å²) < 4.78 is 5.33. The first-order valence-corrected chi connectivity index (χ1v) is 7.90. The summed E-state index contributed by atoms with van der Waals surface area (Å²) in [5.41, 5.74) is 0. The second-order valence-corrected chi connectivity index (χ2v) is 5.73. The standard InChI is InChI=1S/C15H28N2O2/c1-2-17(15(18)14-7-12-19-13-14)11-10-16-8-5-3-4-6-9-16/h14H,2-13H2,1H3/t14-/m0/s1. The number of hydrogen-bond donors (Lipinski definition) is 0. The van der Waals surface area contributed by atoms with Crippen LogP contribution in [0, 0.1) is 5.92 Å². The van der Waals surface area contributed by atoms with E-state index in [0.717, 1.165) is 32.7 Å². The molecule has 0 radical (unpaired) electrons. The number of ether oxygens (including phenoxy) is 1. The molecule has 0 bridgehead atoms. The van der Waals surface area contributed by atoms with E-state index in [0.29, 0.717) is 12.5 Å². The highest BCUT2D eigenvalue weighted by Crippen LogP contribution is 2.16. The summed E-state index contributed by atoms with van der Waals surface area (Å²) in [7, 11) is 0. The number of likely N-dealkylation sites (N-methyl/N-ethyl adjacent to an activating group) is 1. The zero-order chi connectivity index (χ0) is 13.5. The lowest BCUT2D eigenvalue weighted by molar-refractivity contribution is -0.135. The molecular weight excluding hydrogens is 240 g/mol. The van der Waals surface area contributed by atoms with Crippen molar-refractivity contribution in [1.29, 1.82) is 0 Å². The number of rotatable bonds is 5. The Balaban J connectivity index is 1.76. The van der Waals surface area contributed by atoms with Crippen LogP contribution in [-0.4, -0.2) is 61.6 Å². The average molecular weight is 268 g/mol. The molecule has 2 aliphatic rings. The van der Waals surface area contributed by atoms with Crippen molar-refractivity contribution in [2.24, 2.45) is 5.92 Å². The zero-order valence-corrected chi connectivity index (χ0v) is 12.3. The van der Waals surface area contributed by atoms with Crippen molar-refractivity contribution in [3.05, 3.63) is 0 Å². The van der Waals surface area contributed by atoms with Crippen LogP contribution in [0.25, 0.3) is 0 Å². The van der Waals surface area contributed by atoms with Crippen LogP contribution in [0.2, 0.25) is 0 Å². The third-order valence-electron chi connectivity index (χ3n) is 4.36. The average Bonchev–Trinajstić information content (AvgIpc) is 2.84. The molecule has 2 saturated heterocycles. The molecule has 4 heteroatoms. The quantitative estimate of drug-likeness (QED) is 0.761. The van der Waals surface area contributed by atoms with Gasteiger partial charge in [0.25, 0.3) is 0 Å². The molecule has 0 aromatic carbocycles. The maximum Gasteiger partial charge on any atom is 0.228 e. The molecule has 4 nitrogen and oxygen atoms in total. The highest BCUT2D eigenvalue weighted by molar-refractivity contribution is 5.79. The number of carbonyl (C=O) groups is 1. The van der Waals surface area contributed by atoms with Gasteiger partial charge in [-0.2, -0.15) is 0 Å². The van der Waals surface area contributed by atoms with Crippen LogP contribution in [0.15, 0.2) is 0 Å².